The first kappa shape index (κ1) is 9.09. The molecule has 1 aromatic carbocycles. The van der Waals surface area contributed by atoms with E-state index in [1.165, 1.54) is 11.3 Å². The number of hydrogen-bond acceptors (Lipinski definition) is 3. The Bertz CT molecular complexity index is 432. The lowest BCUT2D eigenvalue weighted by molar-refractivity contribution is -0.116. The van der Waals surface area contributed by atoms with Crippen LogP contribution < -0.4 is 0 Å². The number of carbonyl (C=O) groups excluding carboxylic acids is 2. The molecule has 0 amide bonds. The molecule has 2 rings (SSSR count). The molecule has 0 atom stereocenters. The quantitative estimate of drug-likeness (QED) is 0.568. The standard InChI is InChI=1S/C11H8O2S/c12-6-9(7-13)11-5-8-3-1-2-4-10(8)14-11/h1-7,9H. The highest BCUT2D eigenvalue weighted by Gasteiger charge is 2.11. The molecular weight excluding hydrogens is 196 g/mol. The van der Waals surface area contributed by atoms with E-state index in [1.807, 2.05) is 30.3 Å². The smallest absolute Gasteiger partial charge is 0.135 e. The highest BCUT2D eigenvalue weighted by atomic mass is 32.1. The Balaban J connectivity index is 2.53. The van der Waals surface area contributed by atoms with Gasteiger partial charge in [-0.25, -0.2) is 0 Å². The lowest BCUT2D eigenvalue weighted by Gasteiger charge is -1.93. The average molecular weight is 204 g/mol. The molecular formula is C11H8O2S. The van der Waals surface area contributed by atoms with Crippen molar-refractivity contribution in [3.05, 3.63) is 35.2 Å². The van der Waals surface area contributed by atoms with Crippen LogP contribution in [-0.4, -0.2) is 12.6 Å². The molecule has 3 heteroatoms. The molecule has 1 heterocycles. The maximum absolute atomic E-state index is 10.6. The van der Waals surface area contributed by atoms with Crippen molar-refractivity contribution in [3.8, 4) is 0 Å². The second-order valence-electron chi connectivity index (χ2n) is 2.98. The Morgan fingerprint density at radius 2 is 1.86 bits per heavy atom. The fourth-order valence-corrected chi connectivity index (χ4v) is 2.41. The van der Waals surface area contributed by atoms with E-state index in [1.54, 1.807) is 0 Å². The third-order valence-electron chi connectivity index (χ3n) is 2.07. The number of hydrogen-bond donors (Lipinski definition) is 0. The van der Waals surface area contributed by atoms with Crippen LogP contribution in [0.1, 0.15) is 10.8 Å². The van der Waals surface area contributed by atoms with Gasteiger partial charge in [-0.15, -0.1) is 11.3 Å². The summed E-state index contributed by atoms with van der Waals surface area (Å²) in [5.74, 6) is -0.604. The van der Waals surface area contributed by atoms with E-state index in [0.29, 0.717) is 12.6 Å². The molecule has 0 bridgehead atoms. The second kappa shape index (κ2) is 3.72. The molecule has 0 aliphatic carbocycles. The van der Waals surface area contributed by atoms with Crippen molar-refractivity contribution in [3.63, 3.8) is 0 Å². The fourth-order valence-electron chi connectivity index (χ4n) is 1.33. The van der Waals surface area contributed by atoms with E-state index in [9.17, 15) is 9.59 Å². The number of benzene rings is 1. The van der Waals surface area contributed by atoms with Crippen molar-refractivity contribution in [2.24, 2.45) is 0 Å². The molecule has 0 aliphatic heterocycles. The summed E-state index contributed by atoms with van der Waals surface area (Å²) in [5, 5.41) is 1.08. The average Bonchev–Trinajstić information content (AvgIpc) is 2.63. The van der Waals surface area contributed by atoms with Gasteiger partial charge in [0.2, 0.25) is 0 Å². The van der Waals surface area contributed by atoms with Crippen molar-refractivity contribution < 1.29 is 9.59 Å². The molecule has 1 aromatic heterocycles. The van der Waals surface area contributed by atoms with Crippen LogP contribution in [0.15, 0.2) is 30.3 Å². The van der Waals surface area contributed by atoms with Gasteiger partial charge in [0.05, 0.1) is 0 Å². The van der Waals surface area contributed by atoms with Crippen molar-refractivity contribution in [2.75, 3.05) is 0 Å². The maximum Gasteiger partial charge on any atom is 0.135 e. The van der Waals surface area contributed by atoms with Crippen LogP contribution in [0.3, 0.4) is 0 Å². The zero-order chi connectivity index (χ0) is 9.97. The van der Waals surface area contributed by atoms with Gasteiger partial charge < -0.3 is 9.59 Å². The Labute approximate surface area is 85.2 Å². The molecule has 0 N–H and O–H groups in total. The van der Waals surface area contributed by atoms with E-state index in [2.05, 4.69) is 0 Å². The predicted octanol–water partition coefficient (Wildman–Crippen LogP) is 2.38. The number of carbonyl (C=O) groups is 2. The minimum atomic E-state index is -0.604. The summed E-state index contributed by atoms with van der Waals surface area (Å²) in [7, 11) is 0. The molecule has 14 heavy (non-hydrogen) atoms. The molecule has 2 nitrogen and oxygen atoms in total. The van der Waals surface area contributed by atoms with E-state index in [4.69, 9.17) is 0 Å². The summed E-state index contributed by atoms with van der Waals surface area (Å²) in [4.78, 5) is 22.0. The van der Waals surface area contributed by atoms with E-state index < -0.39 is 5.92 Å². The number of thiophene rings is 1. The maximum atomic E-state index is 10.6. The third-order valence-corrected chi connectivity index (χ3v) is 3.28. The van der Waals surface area contributed by atoms with Crippen LogP contribution in [0.5, 0.6) is 0 Å². The summed E-state index contributed by atoms with van der Waals surface area (Å²) < 4.78 is 1.11. The molecule has 0 radical (unpaired) electrons. The number of fused-ring (bicyclic) bond motifs is 1. The van der Waals surface area contributed by atoms with Crippen molar-refractivity contribution >= 4 is 34.0 Å². The third kappa shape index (κ3) is 1.46. The summed E-state index contributed by atoms with van der Waals surface area (Å²) in [6.07, 6.45) is 1.36. The van der Waals surface area contributed by atoms with Crippen molar-refractivity contribution in [1.82, 2.24) is 0 Å². The predicted molar refractivity (Wildman–Crippen MR) is 56.7 cm³/mol. The van der Waals surface area contributed by atoms with Gasteiger partial charge in [-0.1, -0.05) is 18.2 Å². The summed E-state index contributed by atoms with van der Waals surface area (Å²) in [5.41, 5.74) is 0. The van der Waals surface area contributed by atoms with Crippen LogP contribution in [0.25, 0.3) is 10.1 Å². The zero-order valence-electron chi connectivity index (χ0n) is 7.34. The van der Waals surface area contributed by atoms with Gasteiger partial charge in [-0.3, -0.25) is 0 Å². The van der Waals surface area contributed by atoms with E-state index in [0.717, 1.165) is 15.0 Å². The zero-order valence-corrected chi connectivity index (χ0v) is 8.16. The molecule has 0 fully saturated rings. The van der Waals surface area contributed by atoms with Gasteiger partial charge in [0.15, 0.2) is 0 Å². The highest BCUT2D eigenvalue weighted by Crippen LogP contribution is 2.29. The molecule has 0 aliphatic rings. The largest absolute Gasteiger partial charge is 0.302 e. The van der Waals surface area contributed by atoms with Gasteiger partial charge in [-0.05, 0) is 17.5 Å². The van der Waals surface area contributed by atoms with Crippen molar-refractivity contribution in [1.29, 1.82) is 0 Å². The van der Waals surface area contributed by atoms with Crippen LogP contribution >= 0.6 is 11.3 Å². The molecule has 2 aromatic rings. The van der Waals surface area contributed by atoms with Gasteiger partial charge in [-0.2, -0.15) is 0 Å². The topological polar surface area (TPSA) is 34.1 Å². The Hall–Kier alpha value is -1.48. The lowest BCUT2D eigenvalue weighted by atomic mass is 10.1. The van der Waals surface area contributed by atoms with Gasteiger partial charge in [0, 0.05) is 9.58 Å². The van der Waals surface area contributed by atoms with Gasteiger partial charge >= 0.3 is 0 Å². The van der Waals surface area contributed by atoms with Crippen LogP contribution in [0.2, 0.25) is 0 Å². The normalized spacial score (nSPS) is 10.6. The number of rotatable bonds is 3. The summed E-state index contributed by atoms with van der Waals surface area (Å²) >= 11 is 1.49. The Morgan fingerprint density at radius 1 is 1.14 bits per heavy atom. The van der Waals surface area contributed by atoms with Crippen LogP contribution in [0.4, 0.5) is 0 Å². The number of aldehydes is 2. The lowest BCUT2D eigenvalue weighted by Crippen LogP contribution is -1.97. The Kier molecular flexibility index (Phi) is 2.41. The molecule has 0 saturated carbocycles. The van der Waals surface area contributed by atoms with E-state index in [-0.39, 0.29) is 0 Å². The Morgan fingerprint density at radius 3 is 2.50 bits per heavy atom. The monoisotopic (exact) mass is 204 g/mol. The first-order valence-electron chi connectivity index (χ1n) is 4.24. The van der Waals surface area contributed by atoms with Crippen molar-refractivity contribution in [2.45, 2.75) is 5.92 Å². The molecule has 0 spiro atoms. The van der Waals surface area contributed by atoms with E-state index >= 15 is 0 Å². The summed E-state index contributed by atoms with van der Waals surface area (Å²) in [6.45, 7) is 0. The highest BCUT2D eigenvalue weighted by molar-refractivity contribution is 7.19. The molecule has 70 valence electrons. The second-order valence-corrected chi connectivity index (χ2v) is 4.10. The molecule has 0 unspecified atom stereocenters. The molecule has 0 saturated heterocycles. The van der Waals surface area contributed by atoms with Gasteiger partial charge in [0.25, 0.3) is 0 Å². The minimum absolute atomic E-state index is 0.604. The van der Waals surface area contributed by atoms with Crippen LogP contribution in [0, 0.1) is 0 Å². The SMILES string of the molecule is O=CC(C=O)c1cc2ccccc2s1. The first-order valence-corrected chi connectivity index (χ1v) is 5.06. The fraction of sp³-hybridized carbons (Fsp3) is 0.0909. The first-order chi connectivity index (χ1) is 6.85. The summed E-state index contributed by atoms with van der Waals surface area (Å²) in [6, 6.07) is 9.74. The minimum Gasteiger partial charge on any atom is -0.302 e. The van der Waals surface area contributed by atoms with Gasteiger partial charge in [0.1, 0.15) is 18.5 Å². The van der Waals surface area contributed by atoms with Crippen LogP contribution in [-0.2, 0) is 9.59 Å².